The summed E-state index contributed by atoms with van der Waals surface area (Å²) >= 11 is 23.6. The summed E-state index contributed by atoms with van der Waals surface area (Å²) in [5.41, 5.74) is 0.597. The third-order valence-corrected chi connectivity index (χ3v) is 5.36. The van der Waals surface area contributed by atoms with Gasteiger partial charge in [0.05, 0.1) is 31.2 Å². The number of rotatable bonds is 4. The van der Waals surface area contributed by atoms with Crippen LogP contribution >= 0.6 is 46.4 Å². The molecule has 9 heteroatoms. The summed E-state index contributed by atoms with van der Waals surface area (Å²) in [6.07, 6.45) is 0. The first-order chi connectivity index (χ1) is 13.8. The molecular weight excluding hydrogens is 458 g/mol. The molecule has 3 aromatic carbocycles. The third kappa shape index (κ3) is 4.95. The zero-order valence-electron chi connectivity index (χ0n) is 14.5. The number of carbonyl (C=O) groups is 2. The molecule has 3 rings (SSSR count). The Labute approximate surface area is 186 Å². The molecule has 3 N–H and O–H groups in total. The molecule has 0 heterocycles. The highest BCUT2D eigenvalue weighted by atomic mass is 35.5. The largest absolute Gasteiger partial charge is 0.506 e. The number of hydrogen-bond donors (Lipinski definition) is 3. The molecule has 0 aliphatic carbocycles. The minimum absolute atomic E-state index is 0.0853. The average molecular weight is 470 g/mol. The van der Waals surface area contributed by atoms with Gasteiger partial charge in [0.1, 0.15) is 5.75 Å². The van der Waals surface area contributed by atoms with E-state index in [0.717, 1.165) is 0 Å². The lowest BCUT2D eigenvalue weighted by Gasteiger charge is -2.11. The van der Waals surface area contributed by atoms with Crippen molar-refractivity contribution in [3.8, 4) is 5.75 Å². The first-order valence-corrected chi connectivity index (χ1v) is 9.62. The number of hydrogen-bond acceptors (Lipinski definition) is 3. The number of benzene rings is 3. The van der Waals surface area contributed by atoms with Gasteiger partial charge in [-0.3, -0.25) is 9.59 Å². The van der Waals surface area contributed by atoms with E-state index in [1.807, 2.05) is 0 Å². The van der Waals surface area contributed by atoms with Gasteiger partial charge in [0, 0.05) is 11.4 Å². The van der Waals surface area contributed by atoms with Crippen LogP contribution in [-0.4, -0.2) is 16.9 Å². The zero-order chi connectivity index (χ0) is 21.1. The van der Waals surface area contributed by atoms with Crippen LogP contribution in [0.4, 0.5) is 11.4 Å². The van der Waals surface area contributed by atoms with Crippen LogP contribution in [0.15, 0.2) is 54.6 Å². The number of halogens is 4. The van der Waals surface area contributed by atoms with Gasteiger partial charge < -0.3 is 15.7 Å². The fourth-order valence-electron chi connectivity index (χ4n) is 2.45. The van der Waals surface area contributed by atoms with Crippen LogP contribution < -0.4 is 10.6 Å². The minimum Gasteiger partial charge on any atom is -0.506 e. The quantitative estimate of drug-likeness (QED) is 0.407. The van der Waals surface area contributed by atoms with E-state index in [0.29, 0.717) is 21.4 Å². The van der Waals surface area contributed by atoms with Crippen molar-refractivity contribution >= 4 is 69.6 Å². The van der Waals surface area contributed by atoms with Crippen molar-refractivity contribution in [2.75, 3.05) is 10.6 Å². The van der Waals surface area contributed by atoms with Gasteiger partial charge in [-0.05, 0) is 48.5 Å². The number of anilines is 2. The smallest absolute Gasteiger partial charge is 0.259 e. The average Bonchev–Trinajstić information content (AvgIpc) is 2.67. The Morgan fingerprint density at radius 3 is 1.45 bits per heavy atom. The Hall–Kier alpha value is -2.44. The van der Waals surface area contributed by atoms with Crippen molar-refractivity contribution in [2.45, 2.75) is 0 Å². The van der Waals surface area contributed by atoms with Gasteiger partial charge in [-0.1, -0.05) is 52.5 Å². The van der Waals surface area contributed by atoms with Gasteiger partial charge in [-0.15, -0.1) is 0 Å². The van der Waals surface area contributed by atoms with Gasteiger partial charge in [0.25, 0.3) is 11.8 Å². The highest BCUT2D eigenvalue weighted by Crippen LogP contribution is 2.29. The SMILES string of the molecule is O=C(Nc1ccc(Cl)c(Cl)c1)c1cccc(C(=O)Nc2ccc(Cl)c(Cl)c2)c1O. The van der Waals surface area contributed by atoms with Gasteiger partial charge >= 0.3 is 0 Å². The Bertz CT molecular complexity index is 1040. The lowest BCUT2D eigenvalue weighted by molar-refractivity contribution is 0.102. The Balaban J connectivity index is 1.82. The topological polar surface area (TPSA) is 78.4 Å². The molecule has 0 spiro atoms. The highest BCUT2D eigenvalue weighted by Gasteiger charge is 2.19. The molecule has 0 saturated carbocycles. The second-order valence-corrected chi connectivity index (χ2v) is 7.50. The van der Waals surface area contributed by atoms with E-state index in [-0.39, 0.29) is 21.2 Å². The van der Waals surface area contributed by atoms with Crippen molar-refractivity contribution in [3.05, 3.63) is 85.8 Å². The normalized spacial score (nSPS) is 10.5. The van der Waals surface area contributed by atoms with E-state index in [4.69, 9.17) is 46.4 Å². The fraction of sp³-hybridized carbons (Fsp3) is 0. The summed E-state index contributed by atoms with van der Waals surface area (Å²) in [6.45, 7) is 0. The van der Waals surface area contributed by atoms with E-state index in [2.05, 4.69) is 10.6 Å². The summed E-state index contributed by atoms with van der Waals surface area (Å²) in [5, 5.41) is 16.9. The van der Waals surface area contributed by atoms with Gasteiger partial charge in [-0.25, -0.2) is 0 Å². The summed E-state index contributed by atoms with van der Waals surface area (Å²) in [6, 6.07) is 13.4. The maximum atomic E-state index is 12.5. The van der Waals surface area contributed by atoms with E-state index in [9.17, 15) is 14.7 Å². The summed E-state index contributed by atoms with van der Waals surface area (Å²) in [4.78, 5) is 25.1. The number of phenols is 1. The van der Waals surface area contributed by atoms with Crippen LogP contribution in [-0.2, 0) is 0 Å². The second kappa shape index (κ2) is 8.93. The molecule has 148 valence electrons. The highest BCUT2D eigenvalue weighted by molar-refractivity contribution is 6.42. The first kappa shape index (κ1) is 21.3. The summed E-state index contributed by atoms with van der Waals surface area (Å²) in [7, 11) is 0. The van der Waals surface area contributed by atoms with Gasteiger partial charge in [0.2, 0.25) is 0 Å². The number of phenolic OH excluding ortho intramolecular Hbond substituents is 1. The lowest BCUT2D eigenvalue weighted by atomic mass is 10.1. The zero-order valence-corrected chi connectivity index (χ0v) is 17.5. The molecule has 2 amide bonds. The van der Waals surface area contributed by atoms with Crippen LogP contribution in [0.3, 0.4) is 0 Å². The standard InChI is InChI=1S/C20H12Cl4N2O3/c21-14-6-4-10(8-16(14)23)25-19(28)12-2-1-3-13(18(12)27)20(29)26-11-5-7-15(22)17(24)9-11/h1-9,27H,(H,25,28)(H,26,29). The number of aromatic hydroxyl groups is 1. The van der Waals surface area contributed by atoms with Crippen molar-refractivity contribution in [3.63, 3.8) is 0 Å². The van der Waals surface area contributed by atoms with E-state index in [1.54, 1.807) is 12.1 Å². The molecule has 0 fully saturated rings. The number of nitrogens with one attached hydrogen (secondary N) is 2. The van der Waals surface area contributed by atoms with E-state index in [1.165, 1.54) is 42.5 Å². The molecule has 0 atom stereocenters. The molecule has 0 unspecified atom stereocenters. The van der Waals surface area contributed by atoms with Gasteiger partial charge in [-0.2, -0.15) is 0 Å². The Morgan fingerprint density at radius 2 is 1.07 bits per heavy atom. The maximum absolute atomic E-state index is 12.5. The van der Waals surface area contributed by atoms with Crippen molar-refractivity contribution in [1.29, 1.82) is 0 Å². The fourth-order valence-corrected chi connectivity index (χ4v) is 3.05. The van der Waals surface area contributed by atoms with E-state index < -0.39 is 17.6 Å². The molecule has 3 aromatic rings. The Morgan fingerprint density at radius 1 is 0.655 bits per heavy atom. The first-order valence-electron chi connectivity index (χ1n) is 8.11. The van der Waals surface area contributed by atoms with Crippen LogP contribution in [0.5, 0.6) is 5.75 Å². The second-order valence-electron chi connectivity index (χ2n) is 5.87. The molecule has 29 heavy (non-hydrogen) atoms. The van der Waals surface area contributed by atoms with Crippen molar-refractivity contribution in [2.24, 2.45) is 0 Å². The minimum atomic E-state index is -0.620. The molecule has 0 radical (unpaired) electrons. The van der Waals surface area contributed by atoms with Crippen LogP contribution in [0.1, 0.15) is 20.7 Å². The predicted octanol–water partition coefficient (Wildman–Crippen LogP) is 6.51. The maximum Gasteiger partial charge on any atom is 0.259 e. The van der Waals surface area contributed by atoms with Crippen LogP contribution in [0.25, 0.3) is 0 Å². The molecule has 0 saturated heterocycles. The number of carbonyl (C=O) groups excluding carboxylic acids is 2. The molecule has 0 bridgehead atoms. The van der Waals surface area contributed by atoms with Crippen molar-refractivity contribution in [1.82, 2.24) is 0 Å². The van der Waals surface area contributed by atoms with Crippen molar-refractivity contribution < 1.29 is 14.7 Å². The molecule has 0 aliphatic heterocycles. The van der Waals surface area contributed by atoms with Gasteiger partial charge in [0.15, 0.2) is 0 Å². The van der Waals surface area contributed by atoms with Crippen LogP contribution in [0, 0.1) is 0 Å². The lowest BCUT2D eigenvalue weighted by Crippen LogP contribution is -2.16. The summed E-state index contributed by atoms with van der Waals surface area (Å²) < 4.78 is 0. The molecule has 5 nitrogen and oxygen atoms in total. The number of para-hydroxylation sites is 1. The summed E-state index contributed by atoms with van der Waals surface area (Å²) in [5.74, 6) is -1.71. The Kier molecular flexibility index (Phi) is 6.55. The predicted molar refractivity (Wildman–Crippen MR) is 117 cm³/mol. The molecular formula is C20H12Cl4N2O3. The number of amides is 2. The van der Waals surface area contributed by atoms with Crippen LogP contribution in [0.2, 0.25) is 20.1 Å². The molecule has 0 aliphatic rings. The molecule has 0 aromatic heterocycles. The third-order valence-electron chi connectivity index (χ3n) is 3.88. The monoisotopic (exact) mass is 468 g/mol. The van der Waals surface area contributed by atoms with E-state index >= 15 is 0 Å².